The zero-order valence-corrected chi connectivity index (χ0v) is 8.62. The average molecular weight is 199 g/mol. The molecule has 0 saturated heterocycles. The molecule has 2 nitrogen and oxygen atoms in total. The van der Waals surface area contributed by atoms with Crippen LogP contribution in [0.4, 0.5) is 0 Å². The van der Waals surface area contributed by atoms with E-state index in [-0.39, 0.29) is 5.76 Å². The first kappa shape index (κ1) is 9.59. The van der Waals surface area contributed by atoms with Crippen molar-refractivity contribution in [3.63, 3.8) is 0 Å². The Kier molecular flexibility index (Phi) is 2.34. The van der Waals surface area contributed by atoms with Gasteiger partial charge in [0.15, 0.2) is 0 Å². The van der Waals surface area contributed by atoms with Crippen molar-refractivity contribution < 1.29 is 5.11 Å². The molecule has 2 heteroatoms. The first-order chi connectivity index (χ1) is 7.24. The molecule has 0 atom stereocenters. The van der Waals surface area contributed by atoms with E-state index in [1.807, 2.05) is 43.3 Å². The van der Waals surface area contributed by atoms with Crippen LogP contribution >= 0.6 is 0 Å². The van der Waals surface area contributed by atoms with E-state index in [1.165, 1.54) is 0 Å². The zero-order valence-electron chi connectivity index (χ0n) is 8.62. The smallest absolute Gasteiger partial charge is 0.118 e. The van der Waals surface area contributed by atoms with Crippen molar-refractivity contribution in [2.24, 2.45) is 0 Å². The first-order valence-corrected chi connectivity index (χ1v) is 4.85. The number of H-pyrrole nitrogens is 1. The summed E-state index contributed by atoms with van der Waals surface area (Å²) >= 11 is 0. The van der Waals surface area contributed by atoms with Gasteiger partial charge in [-0.15, -0.1) is 0 Å². The molecule has 2 aromatic rings. The quantitative estimate of drug-likeness (QED) is 0.710. The van der Waals surface area contributed by atoms with Crippen LogP contribution < -0.4 is 0 Å². The summed E-state index contributed by atoms with van der Waals surface area (Å²) in [4.78, 5) is 3.24. The maximum absolute atomic E-state index is 9.57. The Labute approximate surface area is 88.6 Å². The summed E-state index contributed by atoms with van der Waals surface area (Å²) in [6.45, 7) is 5.53. The number of benzene rings is 1. The predicted octanol–water partition coefficient (Wildman–Crippen LogP) is 3.73. The summed E-state index contributed by atoms with van der Waals surface area (Å²) in [6.07, 6.45) is 3.86. The number of nitrogens with one attached hydrogen (secondary N) is 1. The molecule has 1 heterocycles. The Morgan fingerprint density at radius 2 is 2.13 bits per heavy atom. The van der Waals surface area contributed by atoms with Crippen LogP contribution in [0.25, 0.3) is 22.7 Å². The molecule has 76 valence electrons. The van der Waals surface area contributed by atoms with E-state index in [9.17, 15) is 5.11 Å². The van der Waals surface area contributed by atoms with Crippen LogP contribution in [0.1, 0.15) is 18.2 Å². The van der Waals surface area contributed by atoms with Crippen molar-refractivity contribution >= 4 is 22.7 Å². The summed E-state index contributed by atoms with van der Waals surface area (Å²) in [5, 5.41) is 10.6. The lowest BCUT2D eigenvalue weighted by Crippen LogP contribution is -1.82. The summed E-state index contributed by atoms with van der Waals surface area (Å²) in [7, 11) is 0. The van der Waals surface area contributed by atoms with Gasteiger partial charge < -0.3 is 10.1 Å². The van der Waals surface area contributed by atoms with Crippen LogP contribution in [0.2, 0.25) is 0 Å². The molecule has 0 aliphatic heterocycles. The number of para-hydroxylation sites is 1. The highest BCUT2D eigenvalue weighted by molar-refractivity contribution is 5.94. The molecule has 0 unspecified atom stereocenters. The van der Waals surface area contributed by atoms with E-state index in [4.69, 9.17) is 0 Å². The highest BCUT2D eigenvalue weighted by Gasteiger charge is 2.10. The summed E-state index contributed by atoms with van der Waals surface area (Å²) in [5.41, 5.74) is 2.69. The third-order valence-electron chi connectivity index (χ3n) is 2.36. The molecule has 0 bridgehead atoms. The van der Waals surface area contributed by atoms with Gasteiger partial charge >= 0.3 is 0 Å². The van der Waals surface area contributed by atoms with Gasteiger partial charge in [-0.3, -0.25) is 0 Å². The molecular formula is C13H13NO. The number of aliphatic hydroxyl groups excluding tert-OH is 1. The van der Waals surface area contributed by atoms with Gasteiger partial charge in [-0.25, -0.2) is 0 Å². The van der Waals surface area contributed by atoms with E-state index >= 15 is 0 Å². The highest BCUT2D eigenvalue weighted by atomic mass is 16.3. The van der Waals surface area contributed by atoms with E-state index in [0.29, 0.717) is 0 Å². The predicted molar refractivity (Wildman–Crippen MR) is 64.7 cm³/mol. The van der Waals surface area contributed by atoms with Gasteiger partial charge in [-0.05, 0) is 19.1 Å². The fourth-order valence-electron chi connectivity index (χ4n) is 1.77. The minimum absolute atomic E-state index is 0.0977. The van der Waals surface area contributed by atoms with Crippen LogP contribution in [0.5, 0.6) is 0 Å². The molecule has 0 fully saturated rings. The van der Waals surface area contributed by atoms with E-state index in [1.54, 1.807) is 0 Å². The van der Waals surface area contributed by atoms with Gasteiger partial charge in [0.05, 0.1) is 0 Å². The molecule has 0 radical (unpaired) electrons. The fraction of sp³-hybridized carbons (Fsp3) is 0.0769. The number of allylic oxidation sites excluding steroid dienone is 1. The zero-order chi connectivity index (χ0) is 10.8. The molecule has 0 amide bonds. The molecule has 2 N–H and O–H groups in total. The molecule has 0 saturated carbocycles. The van der Waals surface area contributed by atoms with Gasteiger partial charge in [-0.2, -0.15) is 0 Å². The first-order valence-electron chi connectivity index (χ1n) is 4.85. The second-order valence-electron chi connectivity index (χ2n) is 3.41. The van der Waals surface area contributed by atoms with Crippen molar-refractivity contribution in [1.82, 2.24) is 4.98 Å². The number of rotatable bonds is 2. The SMILES string of the molecule is C=C(O)c1c(/C=C\C)[nH]c2ccccc12. The second-order valence-corrected chi connectivity index (χ2v) is 3.41. The molecule has 1 aromatic heterocycles. The van der Waals surface area contributed by atoms with Crippen LogP contribution in [0, 0.1) is 0 Å². The van der Waals surface area contributed by atoms with Crippen LogP contribution in [0.15, 0.2) is 36.9 Å². The number of hydrogen-bond acceptors (Lipinski definition) is 1. The van der Waals surface area contributed by atoms with Crippen LogP contribution in [0.3, 0.4) is 0 Å². The number of hydrogen-bond donors (Lipinski definition) is 2. The molecule has 15 heavy (non-hydrogen) atoms. The minimum Gasteiger partial charge on any atom is -0.508 e. The second kappa shape index (κ2) is 3.65. The highest BCUT2D eigenvalue weighted by Crippen LogP contribution is 2.27. The monoisotopic (exact) mass is 199 g/mol. The van der Waals surface area contributed by atoms with Crippen molar-refractivity contribution in [2.75, 3.05) is 0 Å². The van der Waals surface area contributed by atoms with Crippen molar-refractivity contribution in [2.45, 2.75) is 6.92 Å². The van der Waals surface area contributed by atoms with Crippen LogP contribution in [-0.2, 0) is 0 Å². The van der Waals surface area contributed by atoms with Crippen molar-refractivity contribution in [1.29, 1.82) is 0 Å². The summed E-state index contributed by atoms with van der Waals surface area (Å²) in [6, 6.07) is 7.86. The molecule has 0 aliphatic carbocycles. The third kappa shape index (κ3) is 1.54. The number of aromatic amines is 1. The van der Waals surface area contributed by atoms with Crippen molar-refractivity contribution in [3.8, 4) is 0 Å². The maximum Gasteiger partial charge on any atom is 0.118 e. The standard InChI is InChI=1S/C13H13NO/c1-3-6-12-13(9(2)15)10-7-4-5-8-11(10)14-12/h3-8,14-15H,2H2,1H3/b6-3-. The fourth-order valence-corrected chi connectivity index (χ4v) is 1.77. The molecule has 0 aliphatic rings. The lowest BCUT2D eigenvalue weighted by Gasteiger charge is -1.97. The lowest BCUT2D eigenvalue weighted by atomic mass is 10.1. The number of aromatic nitrogens is 1. The Bertz CT molecular complexity index is 534. The molecule has 0 spiro atoms. The Hall–Kier alpha value is -1.96. The number of aliphatic hydroxyl groups is 1. The largest absolute Gasteiger partial charge is 0.508 e. The normalized spacial score (nSPS) is 11.3. The van der Waals surface area contributed by atoms with Crippen LogP contribution in [-0.4, -0.2) is 10.1 Å². The van der Waals surface area contributed by atoms with Gasteiger partial charge in [0.2, 0.25) is 0 Å². The average Bonchev–Trinajstić information content (AvgIpc) is 2.56. The van der Waals surface area contributed by atoms with E-state index in [2.05, 4.69) is 11.6 Å². The third-order valence-corrected chi connectivity index (χ3v) is 2.36. The summed E-state index contributed by atoms with van der Waals surface area (Å²) in [5.74, 6) is 0.0977. The summed E-state index contributed by atoms with van der Waals surface area (Å²) < 4.78 is 0. The Morgan fingerprint density at radius 1 is 1.40 bits per heavy atom. The van der Waals surface area contributed by atoms with Gasteiger partial charge in [0, 0.05) is 22.2 Å². The topological polar surface area (TPSA) is 36.0 Å². The Morgan fingerprint density at radius 3 is 2.80 bits per heavy atom. The maximum atomic E-state index is 9.57. The molecule has 1 aromatic carbocycles. The Balaban J connectivity index is 2.80. The molecular weight excluding hydrogens is 186 g/mol. The van der Waals surface area contributed by atoms with Gasteiger partial charge in [0.1, 0.15) is 5.76 Å². The van der Waals surface area contributed by atoms with E-state index < -0.39 is 0 Å². The minimum atomic E-state index is 0.0977. The van der Waals surface area contributed by atoms with E-state index in [0.717, 1.165) is 22.2 Å². The van der Waals surface area contributed by atoms with Crippen molar-refractivity contribution in [3.05, 3.63) is 48.2 Å². The lowest BCUT2D eigenvalue weighted by molar-refractivity contribution is 0.514. The number of fused-ring (bicyclic) bond motifs is 1. The van der Waals surface area contributed by atoms with Gasteiger partial charge in [-0.1, -0.05) is 30.9 Å². The van der Waals surface area contributed by atoms with Gasteiger partial charge in [0.25, 0.3) is 0 Å². The molecule has 2 rings (SSSR count).